The van der Waals surface area contributed by atoms with Crippen molar-refractivity contribution in [3.8, 4) is 0 Å². The van der Waals surface area contributed by atoms with Gasteiger partial charge in [0.05, 0.1) is 18.8 Å². The molecular formula is C15H23NO2. The maximum atomic E-state index is 10.1. The first kappa shape index (κ1) is 13.4. The molecule has 2 atom stereocenters. The quantitative estimate of drug-likeness (QED) is 0.755. The van der Waals surface area contributed by atoms with Crippen molar-refractivity contribution in [1.82, 2.24) is 0 Å². The van der Waals surface area contributed by atoms with Gasteiger partial charge in [0, 0.05) is 18.8 Å². The van der Waals surface area contributed by atoms with Crippen LogP contribution in [0.1, 0.15) is 38.4 Å². The standard InChI is InChI=1S/C15H23NO2/c1-3-16(4-2)13-7-5-12(6-8-13)15(17)10-9-14-11-18-14/h5-8,14-15,17H,3-4,9-11H2,1-2H3. The number of hydrogen-bond donors (Lipinski definition) is 1. The van der Waals surface area contributed by atoms with E-state index in [2.05, 4.69) is 30.9 Å². The fourth-order valence-electron chi connectivity index (χ4n) is 2.24. The molecule has 2 rings (SSSR count). The number of nitrogens with zero attached hydrogens (tertiary/aromatic N) is 1. The largest absolute Gasteiger partial charge is 0.388 e. The smallest absolute Gasteiger partial charge is 0.0811 e. The Morgan fingerprint density at radius 3 is 2.39 bits per heavy atom. The number of epoxide rings is 1. The molecule has 1 fully saturated rings. The normalized spacial score (nSPS) is 19.6. The molecule has 0 amide bonds. The van der Waals surface area contributed by atoms with Crippen LogP contribution < -0.4 is 4.90 Å². The van der Waals surface area contributed by atoms with Crippen molar-refractivity contribution in [2.75, 3.05) is 24.6 Å². The van der Waals surface area contributed by atoms with Crippen molar-refractivity contribution in [3.63, 3.8) is 0 Å². The minimum Gasteiger partial charge on any atom is -0.388 e. The molecule has 2 unspecified atom stereocenters. The van der Waals surface area contributed by atoms with Crippen LogP contribution in [-0.4, -0.2) is 30.9 Å². The average molecular weight is 249 g/mol. The number of anilines is 1. The third-order valence-electron chi connectivity index (χ3n) is 3.57. The van der Waals surface area contributed by atoms with Crippen LogP contribution in [0.15, 0.2) is 24.3 Å². The van der Waals surface area contributed by atoms with Gasteiger partial charge in [0.25, 0.3) is 0 Å². The maximum absolute atomic E-state index is 10.1. The van der Waals surface area contributed by atoms with Gasteiger partial charge in [-0.1, -0.05) is 12.1 Å². The van der Waals surface area contributed by atoms with Crippen LogP contribution in [-0.2, 0) is 4.74 Å². The minimum atomic E-state index is -0.361. The lowest BCUT2D eigenvalue weighted by Gasteiger charge is -2.21. The van der Waals surface area contributed by atoms with Crippen LogP contribution >= 0.6 is 0 Å². The summed E-state index contributed by atoms with van der Waals surface area (Å²) in [6.07, 6.45) is 1.78. The summed E-state index contributed by atoms with van der Waals surface area (Å²) < 4.78 is 5.16. The van der Waals surface area contributed by atoms with Crippen LogP contribution in [0.2, 0.25) is 0 Å². The van der Waals surface area contributed by atoms with Gasteiger partial charge in [0.2, 0.25) is 0 Å². The molecular weight excluding hydrogens is 226 g/mol. The number of aliphatic hydroxyl groups is 1. The molecule has 1 aromatic rings. The Kier molecular flexibility index (Phi) is 4.61. The molecule has 1 aliphatic heterocycles. The van der Waals surface area contributed by atoms with Crippen LogP contribution in [0, 0.1) is 0 Å². The van der Waals surface area contributed by atoms with E-state index in [-0.39, 0.29) is 6.10 Å². The molecule has 0 bridgehead atoms. The second kappa shape index (κ2) is 6.21. The third-order valence-corrected chi connectivity index (χ3v) is 3.57. The predicted octanol–water partition coefficient (Wildman–Crippen LogP) is 2.75. The first-order valence-corrected chi connectivity index (χ1v) is 6.89. The summed E-state index contributed by atoms with van der Waals surface area (Å²) in [6.45, 7) is 7.20. The molecule has 0 aromatic heterocycles. The van der Waals surface area contributed by atoms with E-state index in [1.807, 2.05) is 12.1 Å². The number of aliphatic hydroxyl groups excluding tert-OH is 1. The van der Waals surface area contributed by atoms with Crippen LogP contribution in [0.4, 0.5) is 5.69 Å². The highest BCUT2D eigenvalue weighted by Crippen LogP contribution is 2.25. The molecule has 1 saturated heterocycles. The summed E-state index contributed by atoms with van der Waals surface area (Å²) in [5.41, 5.74) is 2.23. The van der Waals surface area contributed by atoms with E-state index in [1.165, 1.54) is 5.69 Å². The molecule has 0 radical (unpaired) electrons. The zero-order valence-electron chi connectivity index (χ0n) is 11.3. The van der Waals surface area contributed by atoms with Crippen LogP contribution in [0.5, 0.6) is 0 Å². The molecule has 0 spiro atoms. The average Bonchev–Trinajstić information content (AvgIpc) is 3.22. The Balaban J connectivity index is 1.92. The summed E-state index contributed by atoms with van der Waals surface area (Å²) in [6, 6.07) is 8.26. The van der Waals surface area contributed by atoms with Crippen LogP contribution in [0.3, 0.4) is 0 Å². The number of hydrogen-bond acceptors (Lipinski definition) is 3. The van der Waals surface area contributed by atoms with Crippen molar-refractivity contribution in [3.05, 3.63) is 29.8 Å². The number of rotatable bonds is 7. The van der Waals surface area contributed by atoms with E-state index in [0.717, 1.165) is 38.1 Å². The van der Waals surface area contributed by atoms with Crippen LogP contribution in [0.25, 0.3) is 0 Å². The van der Waals surface area contributed by atoms with Crippen molar-refractivity contribution in [2.45, 2.75) is 38.9 Å². The monoisotopic (exact) mass is 249 g/mol. The Morgan fingerprint density at radius 1 is 1.28 bits per heavy atom. The number of ether oxygens (including phenoxy) is 1. The van der Waals surface area contributed by atoms with Gasteiger partial charge in [-0.2, -0.15) is 0 Å². The summed E-state index contributed by atoms with van der Waals surface area (Å²) >= 11 is 0. The number of benzene rings is 1. The molecule has 18 heavy (non-hydrogen) atoms. The van der Waals surface area contributed by atoms with E-state index in [4.69, 9.17) is 4.74 Å². The molecule has 1 N–H and O–H groups in total. The van der Waals surface area contributed by atoms with E-state index < -0.39 is 0 Å². The Labute approximate surface area is 109 Å². The lowest BCUT2D eigenvalue weighted by molar-refractivity contribution is 0.160. The van der Waals surface area contributed by atoms with Crippen molar-refractivity contribution < 1.29 is 9.84 Å². The third kappa shape index (κ3) is 3.47. The maximum Gasteiger partial charge on any atom is 0.0811 e. The van der Waals surface area contributed by atoms with Crippen molar-refractivity contribution >= 4 is 5.69 Å². The topological polar surface area (TPSA) is 36.0 Å². The molecule has 0 aliphatic carbocycles. The SMILES string of the molecule is CCN(CC)c1ccc(C(O)CCC2CO2)cc1. The zero-order chi connectivity index (χ0) is 13.0. The summed E-state index contributed by atoms with van der Waals surface area (Å²) in [7, 11) is 0. The van der Waals surface area contributed by atoms with Gasteiger partial charge in [-0.15, -0.1) is 0 Å². The molecule has 1 aromatic carbocycles. The predicted molar refractivity (Wildman–Crippen MR) is 73.9 cm³/mol. The molecule has 100 valence electrons. The lowest BCUT2D eigenvalue weighted by Crippen LogP contribution is -2.21. The summed E-state index contributed by atoms with van der Waals surface area (Å²) in [5, 5.41) is 10.1. The fraction of sp³-hybridized carbons (Fsp3) is 0.600. The van der Waals surface area contributed by atoms with Gasteiger partial charge in [-0.05, 0) is 44.4 Å². The highest BCUT2D eigenvalue weighted by Gasteiger charge is 2.23. The Bertz CT molecular complexity index is 355. The molecule has 3 heteroatoms. The Hall–Kier alpha value is -1.06. The molecule has 1 heterocycles. The fourth-order valence-corrected chi connectivity index (χ4v) is 2.24. The first-order valence-electron chi connectivity index (χ1n) is 6.89. The minimum absolute atomic E-state index is 0.361. The first-order chi connectivity index (χ1) is 8.74. The van der Waals surface area contributed by atoms with Crippen molar-refractivity contribution in [2.24, 2.45) is 0 Å². The summed E-state index contributed by atoms with van der Waals surface area (Å²) in [4.78, 5) is 2.30. The van der Waals surface area contributed by atoms with Gasteiger partial charge in [-0.3, -0.25) is 0 Å². The van der Waals surface area contributed by atoms with E-state index in [9.17, 15) is 5.11 Å². The van der Waals surface area contributed by atoms with Gasteiger partial charge < -0.3 is 14.7 Å². The highest BCUT2D eigenvalue weighted by atomic mass is 16.6. The van der Waals surface area contributed by atoms with Gasteiger partial charge >= 0.3 is 0 Å². The van der Waals surface area contributed by atoms with E-state index in [0.29, 0.717) is 6.10 Å². The Morgan fingerprint density at radius 2 is 1.89 bits per heavy atom. The molecule has 3 nitrogen and oxygen atoms in total. The van der Waals surface area contributed by atoms with Gasteiger partial charge in [0.15, 0.2) is 0 Å². The zero-order valence-corrected chi connectivity index (χ0v) is 11.3. The molecule has 1 aliphatic rings. The second-order valence-corrected chi connectivity index (χ2v) is 4.81. The summed E-state index contributed by atoms with van der Waals surface area (Å²) in [5.74, 6) is 0. The van der Waals surface area contributed by atoms with Crippen molar-refractivity contribution in [1.29, 1.82) is 0 Å². The molecule has 0 saturated carbocycles. The van der Waals surface area contributed by atoms with Gasteiger partial charge in [-0.25, -0.2) is 0 Å². The highest BCUT2D eigenvalue weighted by molar-refractivity contribution is 5.47. The lowest BCUT2D eigenvalue weighted by atomic mass is 10.0. The van der Waals surface area contributed by atoms with Gasteiger partial charge in [0.1, 0.15) is 0 Å². The van der Waals surface area contributed by atoms with E-state index >= 15 is 0 Å². The van der Waals surface area contributed by atoms with E-state index in [1.54, 1.807) is 0 Å². The second-order valence-electron chi connectivity index (χ2n) is 4.81.